The molecule has 1 aliphatic rings. The summed E-state index contributed by atoms with van der Waals surface area (Å²) in [5, 5.41) is 16.3. The van der Waals surface area contributed by atoms with E-state index in [1.807, 2.05) is 49.3 Å². The molecule has 1 aliphatic heterocycles. The summed E-state index contributed by atoms with van der Waals surface area (Å²) in [6.45, 7) is 1.35. The number of nitrogens with zero attached hydrogens (tertiary/aromatic N) is 5. The van der Waals surface area contributed by atoms with Gasteiger partial charge in [0.2, 0.25) is 11.9 Å². The zero-order valence-electron chi connectivity index (χ0n) is 15.3. The summed E-state index contributed by atoms with van der Waals surface area (Å²) >= 11 is 0. The molecule has 0 aliphatic carbocycles. The van der Waals surface area contributed by atoms with Gasteiger partial charge in [0.25, 0.3) is 5.91 Å². The predicted molar refractivity (Wildman–Crippen MR) is 104 cm³/mol. The molecule has 138 valence electrons. The Balaban J connectivity index is 1.85. The smallest absolute Gasteiger partial charge is 0.282 e. The van der Waals surface area contributed by atoms with Gasteiger partial charge in [0.05, 0.1) is 11.4 Å². The summed E-state index contributed by atoms with van der Waals surface area (Å²) in [7, 11) is 3.89. The van der Waals surface area contributed by atoms with Gasteiger partial charge in [-0.1, -0.05) is 18.2 Å². The summed E-state index contributed by atoms with van der Waals surface area (Å²) in [5.41, 5.74) is 2.23. The molecule has 0 saturated heterocycles. The van der Waals surface area contributed by atoms with Gasteiger partial charge in [-0.2, -0.15) is 15.2 Å². The second kappa shape index (κ2) is 7.77. The van der Waals surface area contributed by atoms with E-state index in [1.54, 1.807) is 24.3 Å². The van der Waals surface area contributed by atoms with E-state index in [0.717, 1.165) is 5.69 Å². The molecule has 8 heteroatoms. The van der Waals surface area contributed by atoms with Crippen molar-refractivity contribution in [1.29, 1.82) is 0 Å². The summed E-state index contributed by atoms with van der Waals surface area (Å²) < 4.78 is 0. The number of rotatable bonds is 4. The number of carbonyl (C=O) groups excluding carboxylic acids is 2. The second-order valence-corrected chi connectivity index (χ2v) is 6.18. The van der Waals surface area contributed by atoms with Crippen LogP contribution in [0.5, 0.6) is 0 Å². The summed E-state index contributed by atoms with van der Waals surface area (Å²) in [6, 6.07) is 15.4. The Morgan fingerprint density at radius 2 is 1.78 bits per heavy atom. The number of azo groups is 1. The molecule has 2 aromatic rings. The number of carbonyl (C=O) groups is 2. The van der Waals surface area contributed by atoms with E-state index in [9.17, 15) is 9.59 Å². The Morgan fingerprint density at radius 3 is 2.37 bits per heavy atom. The Hall–Kier alpha value is -3.55. The average Bonchev–Trinajstić information content (AvgIpc) is 2.96. The third-order valence-corrected chi connectivity index (χ3v) is 3.87. The van der Waals surface area contributed by atoms with Crippen LogP contribution in [0.4, 0.5) is 17.1 Å². The quantitative estimate of drug-likeness (QED) is 0.846. The molecule has 2 aromatic carbocycles. The Labute approximate surface area is 157 Å². The fraction of sp³-hybridized carbons (Fsp3) is 0.211. The van der Waals surface area contributed by atoms with Crippen molar-refractivity contribution in [2.24, 2.45) is 15.3 Å². The van der Waals surface area contributed by atoms with Crippen molar-refractivity contribution in [3.8, 4) is 0 Å². The van der Waals surface area contributed by atoms with Crippen molar-refractivity contribution in [2.75, 3.05) is 24.0 Å². The lowest BCUT2D eigenvalue weighted by atomic mass is 10.2. The average molecular weight is 364 g/mol. The van der Waals surface area contributed by atoms with Crippen molar-refractivity contribution in [3.63, 3.8) is 0 Å². The van der Waals surface area contributed by atoms with Crippen molar-refractivity contribution in [2.45, 2.75) is 13.0 Å². The zero-order chi connectivity index (χ0) is 19.4. The van der Waals surface area contributed by atoms with Gasteiger partial charge in [-0.25, -0.2) is 0 Å². The predicted octanol–water partition coefficient (Wildman–Crippen LogP) is 2.70. The first-order valence-corrected chi connectivity index (χ1v) is 8.39. The van der Waals surface area contributed by atoms with Crippen LogP contribution < -0.4 is 15.2 Å². The van der Waals surface area contributed by atoms with Crippen molar-refractivity contribution in [1.82, 2.24) is 5.32 Å². The maximum absolute atomic E-state index is 12.8. The molecule has 0 radical (unpaired) electrons. The van der Waals surface area contributed by atoms with Gasteiger partial charge in [0.15, 0.2) is 5.84 Å². The number of anilines is 2. The molecular weight excluding hydrogens is 344 g/mol. The Morgan fingerprint density at radius 1 is 1.11 bits per heavy atom. The number of amidine groups is 1. The molecule has 27 heavy (non-hydrogen) atoms. The molecule has 0 saturated carbocycles. The zero-order valence-corrected chi connectivity index (χ0v) is 15.3. The molecule has 0 aromatic heterocycles. The van der Waals surface area contributed by atoms with Gasteiger partial charge in [-0.05, 0) is 36.4 Å². The van der Waals surface area contributed by atoms with Gasteiger partial charge >= 0.3 is 0 Å². The Kier molecular flexibility index (Phi) is 5.25. The summed E-state index contributed by atoms with van der Waals surface area (Å²) in [4.78, 5) is 26.2. The van der Waals surface area contributed by atoms with E-state index in [2.05, 4.69) is 20.6 Å². The van der Waals surface area contributed by atoms with Crippen molar-refractivity contribution in [3.05, 3.63) is 54.6 Å². The maximum Gasteiger partial charge on any atom is 0.282 e. The molecule has 3 rings (SSSR count). The molecule has 2 amide bonds. The third kappa shape index (κ3) is 4.17. The van der Waals surface area contributed by atoms with Crippen LogP contribution in [0.25, 0.3) is 0 Å². The first kappa shape index (κ1) is 18.2. The van der Waals surface area contributed by atoms with Crippen LogP contribution >= 0.6 is 0 Å². The number of amides is 2. The Bertz CT molecular complexity index is 890. The summed E-state index contributed by atoms with van der Waals surface area (Å²) in [5.74, 6) is -0.546. The van der Waals surface area contributed by atoms with Crippen LogP contribution in [0.1, 0.15) is 6.92 Å². The first-order valence-electron chi connectivity index (χ1n) is 8.39. The highest BCUT2D eigenvalue weighted by molar-refractivity contribution is 6.21. The van der Waals surface area contributed by atoms with Gasteiger partial charge in [-0.15, -0.1) is 5.10 Å². The van der Waals surface area contributed by atoms with Crippen molar-refractivity contribution >= 4 is 34.7 Å². The molecule has 1 unspecified atom stereocenters. The number of nitrogens with one attached hydrogen (secondary N) is 1. The highest BCUT2D eigenvalue weighted by atomic mass is 16.2. The van der Waals surface area contributed by atoms with E-state index in [1.165, 1.54) is 11.9 Å². The topological polar surface area (TPSA) is 89.7 Å². The maximum atomic E-state index is 12.8. The molecule has 0 fully saturated rings. The van der Waals surface area contributed by atoms with Crippen LogP contribution in [-0.2, 0) is 9.59 Å². The summed E-state index contributed by atoms with van der Waals surface area (Å²) in [6.07, 6.45) is 0. The van der Waals surface area contributed by atoms with E-state index in [-0.39, 0.29) is 17.6 Å². The number of benzene rings is 2. The lowest BCUT2D eigenvalue weighted by Crippen LogP contribution is -2.38. The second-order valence-electron chi connectivity index (χ2n) is 6.18. The number of hydrazone groups is 1. The SMILES string of the molecule is CC(=O)NC1=NN(c2ccccc2)C(=O)C1N=Nc1ccc(N(C)C)cc1. The standard InChI is InChI=1S/C19H20N6O2/c1-13(26)20-18-17(19(27)25(23-18)16-7-5-4-6-8-16)22-21-14-9-11-15(12-10-14)24(2)3/h4-12,17H,1-3H3,(H,20,23,26). The number of hydrogen-bond donors (Lipinski definition) is 1. The highest BCUT2D eigenvalue weighted by Gasteiger charge is 2.37. The molecule has 1 atom stereocenters. The van der Waals surface area contributed by atoms with Crippen LogP contribution in [-0.4, -0.2) is 37.8 Å². The normalized spacial score (nSPS) is 16.6. The van der Waals surface area contributed by atoms with Gasteiger partial charge in [0, 0.05) is 26.7 Å². The molecular formula is C19H20N6O2. The van der Waals surface area contributed by atoms with E-state index >= 15 is 0 Å². The third-order valence-electron chi connectivity index (χ3n) is 3.87. The molecule has 0 bridgehead atoms. The number of hydrogen-bond acceptors (Lipinski definition) is 6. The minimum absolute atomic E-state index is 0.157. The minimum atomic E-state index is -0.998. The first-order chi connectivity index (χ1) is 13.0. The molecule has 8 nitrogen and oxygen atoms in total. The monoisotopic (exact) mass is 364 g/mol. The van der Waals surface area contributed by atoms with E-state index < -0.39 is 6.04 Å². The lowest BCUT2D eigenvalue weighted by Gasteiger charge is -2.12. The van der Waals surface area contributed by atoms with Crippen LogP contribution in [0, 0.1) is 0 Å². The lowest BCUT2D eigenvalue weighted by molar-refractivity contribution is -0.117. The highest BCUT2D eigenvalue weighted by Crippen LogP contribution is 2.23. The van der Waals surface area contributed by atoms with E-state index in [4.69, 9.17) is 0 Å². The van der Waals surface area contributed by atoms with Gasteiger partial charge in [-0.3, -0.25) is 9.59 Å². The van der Waals surface area contributed by atoms with Gasteiger partial charge < -0.3 is 10.2 Å². The van der Waals surface area contributed by atoms with E-state index in [0.29, 0.717) is 11.4 Å². The van der Waals surface area contributed by atoms with Crippen LogP contribution in [0.15, 0.2) is 69.9 Å². The fourth-order valence-corrected chi connectivity index (χ4v) is 2.52. The molecule has 1 N–H and O–H groups in total. The van der Waals surface area contributed by atoms with Gasteiger partial charge in [0.1, 0.15) is 0 Å². The molecule has 1 heterocycles. The largest absolute Gasteiger partial charge is 0.378 e. The molecule has 0 spiro atoms. The van der Waals surface area contributed by atoms with Crippen LogP contribution in [0.3, 0.4) is 0 Å². The number of para-hydroxylation sites is 1. The van der Waals surface area contributed by atoms with Crippen LogP contribution in [0.2, 0.25) is 0 Å². The van der Waals surface area contributed by atoms with Crippen molar-refractivity contribution < 1.29 is 9.59 Å². The fourth-order valence-electron chi connectivity index (χ4n) is 2.52. The minimum Gasteiger partial charge on any atom is -0.378 e.